The number of phenolic OH excluding ortho intramolecular Hbond substituents is 3. The Bertz CT molecular complexity index is 569. The van der Waals surface area contributed by atoms with E-state index in [1.54, 1.807) is 6.92 Å². The highest BCUT2D eigenvalue weighted by Gasteiger charge is 2.31. The average Bonchev–Trinajstić information content (AvgIpc) is 2.28. The zero-order valence-corrected chi connectivity index (χ0v) is 9.02. The summed E-state index contributed by atoms with van der Waals surface area (Å²) >= 11 is 0. The number of hydrogen-bond acceptors (Lipinski definition) is 5. The lowest BCUT2D eigenvalue weighted by Gasteiger charge is -2.17. The predicted molar refractivity (Wildman–Crippen MR) is 58.5 cm³/mol. The molecule has 17 heavy (non-hydrogen) atoms. The van der Waals surface area contributed by atoms with E-state index in [1.165, 1.54) is 0 Å². The van der Waals surface area contributed by atoms with Gasteiger partial charge in [-0.05, 0) is 12.5 Å². The van der Waals surface area contributed by atoms with Crippen molar-refractivity contribution in [1.29, 1.82) is 0 Å². The van der Waals surface area contributed by atoms with Gasteiger partial charge in [0.2, 0.25) is 0 Å². The van der Waals surface area contributed by atoms with Gasteiger partial charge in [0.1, 0.15) is 5.75 Å². The molecule has 5 nitrogen and oxygen atoms in total. The Morgan fingerprint density at radius 1 is 1.06 bits per heavy atom. The maximum atomic E-state index is 11.9. The van der Waals surface area contributed by atoms with Crippen molar-refractivity contribution in [3.8, 4) is 17.2 Å². The molecule has 0 atom stereocenters. The molecule has 0 amide bonds. The number of carbonyl (C=O) groups excluding carboxylic acids is 2. The maximum Gasteiger partial charge on any atom is 0.193 e. The molecule has 1 aliphatic rings. The van der Waals surface area contributed by atoms with Crippen LogP contribution in [0.4, 0.5) is 0 Å². The largest absolute Gasteiger partial charge is 0.507 e. The van der Waals surface area contributed by atoms with Crippen LogP contribution in [0.2, 0.25) is 0 Å². The van der Waals surface area contributed by atoms with Gasteiger partial charge in [-0.1, -0.05) is 6.92 Å². The van der Waals surface area contributed by atoms with E-state index in [1.807, 2.05) is 0 Å². The molecule has 0 saturated heterocycles. The van der Waals surface area contributed by atoms with Crippen molar-refractivity contribution in [3.63, 3.8) is 0 Å². The Morgan fingerprint density at radius 2 is 1.71 bits per heavy atom. The van der Waals surface area contributed by atoms with Crippen LogP contribution in [-0.2, 0) is 0 Å². The number of aromatic hydroxyl groups is 3. The first-order valence-electron chi connectivity index (χ1n) is 5.04. The third-order valence-corrected chi connectivity index (χ3v) is 2.71. The van der Waals surface area contributed by atoms with Crippen molar-refractivity contribution >= 4 is 11.6 Å². The van der Waals surface area contributed by atoms with Crippen LogP contribution >= 0.6 is 0 Å². The topological polar surface area (TPSA) is 94.8 Å². The average molecular weight is 234 g/mol. The molecule has 0 spiro atoms. The van der Waals surface area contributed by atoms with E-state index in [0.29, 0.717) is 6.42 Å². The van der Waals surface area contributed by atoms with Crippen LogP contribution in [0.5, 0.6) is 17.2 Å². The highest BCUT2D eigenvalue weighted by molar-refractivity contribution is 6.26. The Labute approximate surface area is 96.6 Å². The highest BCUT2D eigenvalue weighted by Crippen LogP contribution is 2.41. The Morgan fingerprint density at radius 3 is 2.29 bits per heavy atom. The fourth-order valence-corrected chi connectivity index (χ4v) is 1.83. The van der Waals surface area contributed by atoms with Gasteiger partial charge in [-0.3, -0.25) is 9.59 Å². The van der Waals surface area contributed by atoms with Crippen molar-refractivity contribution in [2.75, 3.05) is 0 Å². The van der Waals surface area contributed by atoms with E-state index >= 15 is 0 Å². The molecule has 0 aliphatic heterocycles. The molecule has 0 fully saturated rings. The molecule has 0 aromatic heterocycles. The third-order valence-electron chi connectivity index (χ3n) is 2.71. The fraction of sp³-hybridized carbons (Fsp3) is 0.167. The molecule has 0 radical (unpaired) electrons. The first-order valence-corrected chi connectivity index (χ1v) is 5.04. The summed E-state index contributed by atoms with van der Waals surface area (Å²) < 4.78 is 0. The number of hydrogen-bond donors (Lipinski definition) is 3. The molecule has 0 bridgehead atoms. The number of phenols is 3. The van der Waals surface area contributed by atoms with Gasteiger partial charge in [-0.2, -0.15) is 0 Å². The van der Waals surface area contributed by atoms with Crippen LogP contribution in [0.15, 0.2) is 17.7 Å². The molecule has 88 valence electrons. The van der Waals surface area contributed by atoms with Crippen LogP contribution < -0.4 is 0 Å². The van der Waals surface area contributed by atoms with Crippen molar-refractivity contribution in [3.05, 3.63) is 28.8 Å². The van der Waals surface area contributed by atoms with Gasteiger partial charge >= 0.3 is 0 Å². The number of allylic oxidation sites excluding steroid dienone is 2. The van der Waals surface area contributed by atoms with Gasteiger partial charge in [0.05, 0.1) is 11.1 Å². The predicted octanol–water partition coefficient (Wildman–Crippen LogP) is 1.52. The number of fused-ring (bicyclic) bond motifs is 1. The number of rotatable bonds is 1. The minimum Gasteiger partial charge on any atom is -0.507 e. The van der Waals surface area contributed by atoms with E-state index in [2.05, 4.69) is 0 Å². The van der Waals surface area contributed by atoms with Gasteiger partial charge in [-0.25, -0.2) is 0 Å². The van der Waals surface area contributed by atoms with Crippen molar-refractivity contribution in [2.24, 2.45) is 0 Å². The first kappa shape index (κ1) is 11.2. The maximum absolute atomic E-state index is 11.9. The van der Waals surface area contributed by atoms with E-state index < -0.39 is 28.8 Å². The summed E-state index contributed by atoms with van der Waals surface area (Å²) in [5, 5.41) is 28.4. The Hall–Kier alpha value is -2.30. The van der Waals surface area contributed by atoms with Gasteiger partial charge in [0, 0.05) is 11.6 Å². The molecule has 1 aromatic rings. The number of carbonyl (C=O) groups is 2. The third kappa shape index (κ3) is 1.47. The quantitative estimate of drug-likeness (QED) is 0.505. The Balaban J connectivity index is 2.80. The number of ketones is 2. The summed E-state index contributed by atoms with van der Waals surface area (Å²) in [4.78, 5) is 23.6. The van der Waals surface area contributed by atoms with Crippen LogP contribution in [-0.4, -0.2) is 26.9 Å². The zero-order chi connectivity index (χ0) is 12.7. The van der Waals surface area contributed by atoms with E-state index in [0.717, 1.165) is 12.1 Å². The number of Topliss-reactive ketones (excluding diaryl/α,β-unsaturated/α-hetero) is 1. The molecule has 0 heterocycles. The molecule has 5 heteroatoms. The highest BCUT2D eigenvalue weighted by atomic mass is 16.3. The summed E-state index contributed by atoms with van der Waals surface area (Å²) in [6.45, 7) is 1.71. The monoisotopic (exact) mass is 234 g/mol. The zero-order valence-electron chi connectivity index (χ0n) is 9.02. The summed E-state index contributed by atoms with van der Waals surface area (Å²) in [6, 6.07) is 0.845. The lowest BCUT2D eigenvalue weighted by Crippen LogP contribution is -2.17. The molecule has 1 aromatic carbocycles. The fourth-order valence-electron chi connectivity index (χ4n) is 1.83. The van der Waals surface area contributed by atoms with Gasteiger partial charge in [0.25, 0.3) is 0 Å². The van der Waals surface area contributed by atoms with Crippen LogP contribution in [0.25, 0.3) is 0 Å². The van der Waals surface area contributed by atoms with E-state index in [4.69, 9.17) is 0 Å². The molecule has 0 saturated carbocycles. The second-order valence-corrected chi connectivity index (χ2v) is 3.73. The molecule has 2 rings (SSSR count). The van der Waals surface area contributed by atoms with Crippen molar-refractivity contribution < 1.29 is 24.9 Å². The summed E-state index contributed by atoms with van der Waals surface area (Å²) in [5.74, 6) is -2.92. The first-order chi connectivity index (χ1) is 7.97. The van der Waals surface area contributed by atoms with Crippen molar-refractivity contribution in [1.82, 2.24) is 0 Å². The normalized spacial score (nSPS) is 14.5. The summed E-state index contributed by atoms with van der Waals surface area (Å²) in [5.41, 5.74) is -0.322. The molecular weight excluding hydrogens is 224 g/mol. The number of benzene rings is 1. The summed E-state index contributed by atoms with van der Waals surface area (Å²) in [7, 11) is 0. The molecule has 0 unspecified atom stereocenters. The SMILES string of the molecule is CCC1=CC(=O)c2c(O)c(O)cc(O)c2C1=O. The van der Waals surface area contributed by atoms with E-state index in [-0.39, 0.29) is 16.7 Å². The molecule has 1 aliphatic carbocycles. The standard InChI is InChI=1S/C12H10O5/c1-2-5-3-6(13)10-9(11(5)16)7(14)4-8(15)12(10)17/h3-4,14-15,17H,2H2,1H3. The van der Waals surface area contributed by atoms with Crippen molar-refractivity contribution in [2.45, 2.75) is 13.3 Å². The lowest BCUT2D eigenvalue weighted by atomic mass is 9.87. The summed E-state index contributed by atoms with van der Waals surface area (Å²) in [6.07, 6.45) is 1.47. The minimum absolute atomic E-state index is 0.246. The van der Waals surface area contributed by atoms with Crippen LogP contribution in [0, 0.1) is 0 Å². The smallest absolute Gasteiger partial charge is 0.193 e. The molecular formula is C12H10O5. The van der Waals surface area contributed by atoms with Crippen LogP contribution in [0.3, 0.4) is 0 Å². The molecule has 3 N–H and O–H groups in total. The lowest BCUT2D eigenvalue weighted by molar-refractivity contribution is 0.0976. The van der Waals surface area contributed by atoms with Gasteiger partial charge < -0.3 is 15.3 Å². The van der Waals surface area contributed by atoms with Crippen LogP contribution in [0.1, 0.15) is 34.1 Å². The minimum atomic E-state index is -0.678. The second-order valence-electron chi connectivity index (χ2n) is 3.73. The van der Waals surface area contributed by atoms with Gasteiger partial charge in [0.15, 0.2) is 23.1 Å². The van der Waals surface area contributed by atoms with Gasteiger partial charge in [-0.15, -0.1) is 0 Å². The van der Waals surface area contributed by atoms with E-state index in [9.17, 15) is 24.9 Å². The second kappa shape index (κ2) is 3.62. The Kier molecular flexibility index (Phi) is 2.38.